The van der Waals surface area contributed by atoms with E-state index in [9.17, 15) is 0 Å². The van der Waals surface area contributed by atoms with Crippen LogP contribution in [0.3, 0.4) is 0 Å². The summed E-state index contributed by atoms with van der Waals surface area (Å²) in [6.07, 6.45) is 5.61. The van der Waals surface area contributed by atoms with Gasteiger partial charge in [-0.3, -0.25) is 9.98 Å². The molecule has 0 aliphatic rings. The monoisotopic (exact) mass is 230 g/mol. The van der Waals surface area contributed by atoms with E-state index >= 15 is 0 Å². The highest BCUT2D eigenvalue weighted by Gasteiger charge is 2.03. The van der Waals surface area contributed by atoms with Crippen molar-refractivity contribution < 1.29 is 0 Å². The second-order valence-corrected chi connectivity index (χ2v) is 3.71. The van der Waals surface area contributed by atoms with Gasteiger partial charge in [-0.05, 0) is 32.4 Å². The van der Waals surface area contributed by atoms with E-state index in [0.29, 0.717) is 5.84 Å². The van der Waals surface area contributed by atoms with E-state index in [1.54, 1.807) is 20.2 Å². The molecule has 0 aliphatic carbocycles. The van der Waals surface area contributed by atoms with E-state index < -0.39 is 0 Å². The first-order valence-electron chi connectivity index (χ1n) is 5.44. The van der Waals surface area contributed by atoms with E-state index in [2.05, 4.69) is 15.0 Å². The summed E-state index contributed by atoms with van der Waals surface area (Å²) in [6.45, 7) is 5.64. The molecule has 90 valence electrons. The Kier molecular flexibility index (Phi) is 4.57. The summed E-state index contributed by atoms with van der Waals surface area (Å²) in [5.41, 5.74) is 9.26. The molecule has 1 heterocycles. The number of allylic oxidation sites excluding steroid dienone is 2. The Morgan fingerprint density at radius 3 is 2.71 bits per heavy atom. The van der Waals surface area contributed by atoms with Crippen LogP contribution in [-0.4, -0.2) is 24.1 Å². The van der Waals surface area contributed by atoms with Gasteiger partial charge in [0.2, 0.25) is 0 Å². The van der Waals surface area contributed by atoms with Crippen LogP contribution in [-0.2, 0) is 0 Å². The fourth-order valence-corrected chi connectivity index (χ4v) is 1.44. The smallest absolute Gasteiger partial charge is 0.0965 e. The third kappa shape index (κ3) is 3.52. The summed E-state index contributed by atoms with van der Waals surface area (Å²) in [4.78, 5) is 12.6. The van der Waals surface area contributed by atoms with Crippen LogP contribution in [0.5, 0.6) is 0 Å². The van der Waals surface area contributed by atoms with Crippen LogP contribution in [0.4, 0.5) is 5.69 Å². The van der Waals surface area contributed by atoms with Crippen molar-refractivity contribution in [2.75, 3.05) is 7.05 Å². The van der Waals surface area contributed by atoms with Gasteiger partial charge in [0.05, 0.1) is 17.2 Å². The number of rotatable bonds is 3. The Morgan fingerprint density at radius 2 is 2.18 bits per heavy atom. The number of nitrogens with two attached hydrogens (primary N) is 1. The van der Waals surface area contributed by atoms with Gasteiger partial charge < -0.3 is 5.73 Å². The molecule has 2 N–H and O–H groups in total. The molecule has 17 heavy (non-hydrogen) atoms. The lowest BCUT2D eigenvalue weighted by molar-refractivity contribution is 1.17. The number of aromatic nitrogens is 1. The Morgan fingerprint density at radius 1 is 1.47 bits per heavy atom. The Balaban J connectivity index is 3.25. The minimum Gasteiger partial charge on any atom is -0.387 e. The van der Waals surface area contributed by atoms with Crippen LogP contribution in [0.1, 0.15) is 25.1 Å². The fourth-order valence-electron chi connectivity index (χ4n) is 1.44. The van der Waals surface area contributed by atoms with Crippen molar-refractivity contribution in [2.45, 2.75) is 20.8 Å². The van der Waals surface area contributed by atoms with Gasteiger partial charge >= 0.3 is 0 Å². The molecule has 1 rings (SSSR count). The normalized spacial score (nSPS) is 13.4. The van der Waals surface area contributed by atoms with Crippen molar-refractivity contribution in [3.8, 4) is 0 Å². The van der Waals surface area contributed by atoms with Gasteiger partial charge in [0.1, 0.15) is 0 Å². The first kappa shape index (κ1) is 13.1. The summed E-state index contributed by atoms with van der Waals surface area (Å²) >= 11 is 0. The van der Waals surface area contributed by atoms with Gasteiger partial charge in [-0.2, -0.15) is 0 Å². The van der Waals surface area contributed by atoms with Crippen molar-refractivity contribution in [3.63, 3.8) is 0 Å². The van der Waals surface area contributed by atoms with Crippen molar-refractivity contribution in [1.29, 1.82) is 0 Å². The van der Waals surface area contributed by atoms with Gasteiger partial charge in [0.25, 0.3) is 0 Å². The summed E-state index contributed by atoms with van der Waals surface area (Å²) in [5, 5.41) is 0. The fraction of sp³-hybridized carbons (Fsp3) is 0.308. The number of amidine groups is 1. The minimum atomic E-state index is 0.526. The lowest BCUT2D eigenvalue weighted by Gasteiger charge is -2.05. The third-order valence-corrected chi connectivity index (χ3v) is 2.27. The Bertz CT molecular complexity index is 480. The molecule has 0 radical (unpaired) electrons. The molecule has 0 amide bonds. The molecule has 0 spiro atoms. The molecule has 1 aromatic rings. The second kappa shape index (κ2) is 5.94. The van der Waals surface area contributed by atoms with Crippen molar-refractivity contribution in [1.82, 2.24) is 4.98 Å². The molecule has 4 heteroatoms. The zero-order valence-electron chi connectivity index (χ0n) is 10.7. The van der Waals surface area contributed by atoms with E-state index in [4.69, 9.17) is 5.73 Å². The average molecular weight is 230 g/mol. The predicted molar refractivity (Wildman–Crippen MR) is 74.0 cm³/mol. The number of hydrogen-bond acceptors (Lipinski definition) is 3. The molecule has 0 saturated carbocycles. The molecule has 0 aromatic carbocycles. The highest BCUT2D eigenvalue weighted by atomic mass is 14.9. The first-order valence-corrected chi connectivity index (χ1v) is 5.44. The Labute approximate surface area is 102 Å². The van der Waals surface area contributed by atoms with E-state index in [1.807, 2.05) is 32.2 Å². The van der Waals surface area contributed by atoms with Gasteiger partial charge in [0.15, 0.2) is 0 Å². The SMILES string of the molecule is C/C=C(\C=N/C)c1cnc(C)c(/N=C(\C)N)c1. The molecular formula is C13H18N4. The van der Waals surface area contributed by atoms with Crippen LogP contribution in [0.25, 0.3) is 5.57 Å². The number of aliphatic imine (C=N–C) groups is 2. The molecular weight excluding hydrogens is 212 g/mol. The van der Waals surface area contributed by atoms with Crippen molar-refractivity contribution in [2.24, 2.45) is 15.7 Å². The maximum Gasteiger partial charge on any atom is 0.0965 e. The van der Waals surface area contributed by atoms with Crippen molar-refractivity contribution >= 4 is 23.3 Å². The Hall–Kier alpha value is -1.97. The lowest BCUT2D eigenvalue weighted by Crippen LogP contribution is -2.04. The van der Waals surface area contributed by atoms with Crippen LogP contribution in [0.15, 0.2) is 28.3 Å². The maximum atomic E-state index is 5.59. The molecule has 4 nitrogen and oxygen atoms in total. The van der Waals surface area contributed by atoms with Gasteiger partial charge in [-0.15, -0.1) is 0 Å². The van der Waals surface area contributed by atoms with Gasteiger partial charge in [-0.25, -0.2) is 4.99 Å². The number of aryl methyl sites for hydroxylation is 1. The highest BCUT2D eigenvalue weighted by Crippen LogP contribution is 2.21. The second-order valence-electron chi connectivity index (χ2n) is 3.71. The van der Waals surface area contributed by atoms with Crippen LogP contribution >= 0.6 is 0 Å². The number of hydrogen-bond donors (Lipinski definition) is 1. The quantitative estimate of drug-likeness (QED) is 0.640. The minimum absolute atomic E-state index is 0.526. The van der Waals surface area contributed by atoms with Gasteiger partial charge in [-0.1, -0.05) is 6.08 Å². The van der Waals surface area contributed by atoms with Crippen LogP contribution in [0, 0.1) is 6.92 Å². The zero-order valence-corrected chi connectivity index (χ0v) is 10.7. The lowest BCUT2D eigenvalue weighted by atomic mass is 10.1. The molecule has 1 aromatic heterocycles. The highest BCUT2D eigenvalue weighted by molar-refractivity contribution is 6.09. The number of nitrogens with zero attached hydrogens (tertiary/aromatic N) is 3. The average Bonchev–Trinajstić information content (AvgIpc) is 2.28. The summed E-state index contributed by atoms with van der Waals surface area (Å²) < 4.78 is 0. The largest absolute Gasteiger partial charge is 0.387 e. The number of pyridine rings is 1. The van der Waals surface area contributed by atoms with Crippen LogP contribution in [0.2, 0.25) is 0 Å². The zero-order chi connectivity index (χ0) is 12.8. The molecule has 0 bridgehead atoms. The van der Waals surface area contributed by atoms with E-state index in [1.165, 1.54) is 0 Å². The van der Waals surface area contributed by atoms with Crippen molar-refractivity contribution in [3.05, 3.63) is 29.6 Å². The third-order valence-electron chi connectivity index (χ3n) is 2.27. The summed E-state index contributed by atoms with van der Waals surface area (Å²) in [6, 6.07) is 1.97. The molecule has 0 saturated heterocycles. The van der Waals surface area contributed by atoms with Crippen LogP contribution < -0.4 is 5.73 Å². The van der Waals surface area contributed by atoms with Gasteiger partial charge in [0, 0.05) is 25.0 Å². The molecule has 0 unspecified atom stereocenters. The molecule has 0 atom stereocenters. The summed E-state index contributed by atoms with van der Waals surface area (Å²) in [5.74, 6) is 0.526. The maximum absolute atomic E-state index is 5.59. The predicted octanol–water partition coefficient (Wildman–Crippen LogP) is 2.50. The summed E-state index contributed by atoms with van der Waals surface area (Å²) in [7, 11) is 1.74. The van der Waals surface area contributed by atoms with E-state index in [-0.39, 0.29) is 0 Å². The molecule has 0 fully saturated rings. The standard InChI is InChI=1S/C13H18N4/c1-5-11(7-15-4)12-6-13(17-10(3)14)9(2)16-8-12/h5-8H,1-4H3,(H2,14,17)/b11-5+,15-7-. The molecule has 0 aliphatic heterocycles. The van der Waals surface area contributed by atoms with E-state index in [0.717, 1.165) is 22.5 Å². The topological polar surface area (TPSA) is 63.6 Å². The first-order chi connectivity index (χ1) is 8.08.